The van der Waals surface area contributed by atoms with Crippen LogP contribution in [0.25, 0.3) is 0 Å². The van der Waals surface area contributed by atoms with Gasteiger partial charge in [-0.15, -0.1) is 12.4 Å². The van der Waals surface area contributed by atoms with E-state index in [4.69, 9.17) is 4.74 Å². The van der Waals surface area contributed by atoms with E-state index >= 15 is 0 Å². The summed E-state index contributed by atoms with van der Waals surface area (Å²) >= 11 is 0. The number of ether oxygens (including phenoxy) is 1. The third-order valence-electron chi connectivity index (χ3n) is 6.24. The van der Waals surface area contributed by atoms with Crippen LogP contribution in [0.3, 0.4) is 0 Å². The molecule has 0 unspecified atom stereocenters. The molecule has 4 rings (SSSR count). The summed E-state index contributed by atoms with van der Waals surface area (Å²) in [5, 5.41) is 7.61. The summed E-state index contributed by atoms with van der Waals surface area (Å²) in [6.45, 7) is 2.78. The Morgan fingerprint density at radius 3 is 2.43 bits per heavy atom. The van der Waals surface area contributed by atoms with Gasteiger partial charge < -0.3 is 15.0 Å². The van der Waals surface area contributed by atoms with Gasteiger partial charge in [-0.1, -0.05) is 0 Å². The number of hydrogen-bond acceptors (Lipinski definition) is 5. The molecule has 2 fully saturated rings. The fraction of sp³-hybridized carbons (Fsp3) is 0.500. The van der Waals surface area contributed by atoms with E-state index in [9.17, 15) is 9.59 Å². The standard InChI is InChI=1S/C22H28N4O3.ClH/c1-25-14-17(11-24-25)19-12-23-13-20(19)22(28)26-9-7-16(8-10-26)21(27)15-3-5-18(29-2)6-4-15;/h3-6,11,14,16,19-20,23H,7-10,12-13H2,1-2H3;1H/t19-,20+;/m1./s1. The van der Waals surface area contributed by atoms with Crippen LogP contribution in [0.1, 0.15) is 34.7 Å². The van der Waals surface area contributed by atoms with Crippen molar-refractivity contribution in [2.75, 3.05) is 33.3 Å². The second-order valence-corrected chi connectivity index (χ2v) is 8.01. The van der Waals surface area contributed by atoms with E-state index in [2.05, 4.69) is 10.4 Å². The van der Waals surface area contributed by atoms with Crippen LogP contribution < -0.4 is 10.1 Å². The largest absolute Gasteiger partial charge is 0.497 e. The van der Waals surface area contributed by atoms with Crippen LogP contribution in [0.4, 0.5) is 0 Å². The summed E-state index contributed by atoms with van der Waals surface area (Å²) < 4.78 is 6.94. The van der Waals surface area contributed by atoms with E-state index in [-0.39, 0.29) is 41.9 Å². The Balaban J connectivity index is 0.00000256. The Bertz CT molecular complexity index is 875. The van der Waals surface area contributed by atoms with E-state index in [0.29, 0.717) is 38.0 Å². The van der Waals surface area contributed by atoms with Crippen molar-refractivity contribution in [3.8, 4) is 5.75 Å². The minimum Gasteiger partial charge on any atom is -0.497 e. The average molecular weight is 433 g/mol. The molecule has 0 radical (unpaired) electrons. The number of halogens is 1. The SMILES string of the molecule is COc1ccc(C(=O)C2CCN(C(=O)[C@H]3CNC[C@@H]3c3cnn(C)c3)CC2)cc1.Cl. The van der Waals surface area contributed by atoms with Crippen molar-refractivity contribution < 1.29 is 14.3 Å². The third kappa shape index (κ3) is 4.52. The quantitative estimate of drug-likeness (QED) is 0.733. The Labute approximate surface area is 183 Å². The van der Waals surface area contributed by atoms with Gasteiger partial charge in [0.05, 0.1) is 19.2 Å². The molecule has 0 spiro atoms. The van der Waals surface area contributed by atoms with Crippen LogP contribution in [0.2, 0.25) is 0 Å². The molecular formula is C22H29ClN4O3. The fourth-order valence-corrected chi connectivity index (χ4v) is 4.51. The second-order valence-electron chi connectivity index (χ2n) is 8.01. The molecule has 0 bridgehead atoms. The van der Waals surface area contributed by atoms with Crippen molar-refractivity contribution in [2.24, 2.45) is 18.9 Å². The molecule has 2 atom stereocenters. The molecule has 0 saturated carbocycles. The first kappa shape index (κ1) is 22.3. The minimum absolute atomic E-state index is 0. The maximum atomic E-state index is 13.2. The Morgan fingerprint density at radius 2 is 1.83 bits per heavy atom. The van der Waals surface area contributed by atoms with E-state index in [1.165, 1.54) is 0 Å². The zero-order valence-electron chi connectivity index (χ0n) is 17.4. The molecule has 162 valence electrons. The number of nitrogens with one attached hydrogen (secondary N) is 1. The first-order chi connectivity index (χ1) is 14.1. The van der Waals surface area contributed by atoms with E-state index in [0.717, 1.165) is 17.9 Å². The lowest BCUT2D eigenvalue weighted by Gasteiger charge is -2.34. The molecule has 2 aromatic rings. The average Bonchev–Trinajstić information content (AvgIpc) is 3.42. The van der Waals surface area contributed by atoms with Crippen molar-refractivity contribution in [1.29, 1.82) is 0 Å². The zero-order valence-corrected chi connectivity index (χ0v) is 18.2. The molecule has 2 aliphatic rings. The predicted molar refractivity (Wildman–Crippen MR) is 116 cm³/mol. The van der Waals surface area contributed by atoms with E-state index in [1.54, 1.807) is 11.8 Å². The number of Topliss-reactive ketones (excluding diaryl/α,β-unsaturated/α-hetero) is 1. The molecule has 2 saturated heterocycles. The normalized spacial score (nSPS) is 21.9. The van der Waals surface area contributed by atoms with Gasteiger partial charge in [-0.2, -0.15) is 5.10 Å². The molecular weight excluding hydrogens is 404 g/mol. The van der Waals surface area contributed by atoms with Crippen LogP contribution in [0, 0.1) is 11.8 Å². The number of aromatic nitrogens is 2. The van der Waals surface area contributed by atoms with Gasteiger partial charge in [0.25, 0.3) is 0 Å². The number of rotatable bonds is 5. The van der Waals surface area contributed by atoms with Gasteiger partial charge in [-0.25, -0.2) is 0 Å². The Morgan fingerprint density at radius 1 is 1.13 bits per heavy atom. The number of hydrogen-bond donors (Lipinski definition) is 1. The monoisotopic (exact) mass is 432 g/mol. The summed E-state index contributed by atoms with van der Waals surface area (Å²) in [7, 11) is 3.51. The highest BCUT2D eigenvalue weighted by molar-refractivity contribution is 5.98. The molecule has 0 aliphatic carbocycles. The molecule has 1 aromatic carbocycles. The van der Waals surface area contributed by atoms with Crippen molar-refractivity contribution in [3.05, 3.63) is 47.8 Å². The number of carbonyl (C=O) groups is 2. The van der Waals surface area contributed by atoms with Gasteiger partial charge in [0.15, 0.2) is 5.78 Å². The number of benzene rings is 1. The highest BCUT2D eigenvalue weighted by Crippen LogP contribution is 2.31. The number of carbonyl (C=O) groups excluding carboxylic acids is 2. The van der Waals surface area contributed by atoms with Crippen molar-refractivity contribution in [1.82, 2.24) is 20.0 Å². The summed E-state index contributed by atoms with van der Waals surface area (Å²) in [5.41, 5.74) is 1.83. The van der Waals surface area contributed by atoms with E-state index < -0.39 is 0 Å². The van der Waals surface area contributed by atoms with Crippen LogP contribution in [0.15, 0.2) is 36.7 Å². The third-order valence-corrected chi connectivity index (χ3v) is 6.24. The van der Waals surface area contributed by atoms with Crippen LogP contribution in [-0.2, 0) is 11.8 Å². The second kappa shape index (κ2) is 9.62. The lowest BCUT2D eigenvalue weighted by Crippen LogP contribution is -2.44. The molecule has 2 aliphatic heterocycles. The summed E-state index contributed by atoms with van der Waals surface area (Å²) in [6, 6.07) is 7.28. The number of aryl methyl sites for hydroxylation is 1. The molecule has 3 heterocycles. The number of amides is 1. The van der Waals surface area contributed by atoms with Gasteiger partial charge in [0.1, 0.15) is 5.75 Å². The molecule has 1 aromatic heterocycles. The van der Waals surface area contributed by atoms with Crippen LogP contribution >= 0.6 is 12.4 Å². The van der Waals surface area contributed by atoms with Gasteiger partial charge in [-0.05, 0) is 42.7 Å². The lowest BCUT2D eigenvalue weighted by molar-refractivity contribution is -0.136. The first-order valence-electron chi connectivity index (χ1n) is 10.2. The number of methoxy groups -OCH3 is 1. The van der Waals surface area contributed by atoms with Gasteiger partial charge in [-0.3, -0.25) is 14.3 Å². The minimum atomic E-state index is -0.0620. The van der Waals surface area contributed by atoms with Crippen LogP contribution in [-0.4, -0.2) is 59.7 Å². The molecule has 8 heteroatoms. The number of piperidine rings is 1. The first-order valence-corrected chi connectivity index (χ1v) is 10.2. The highest BCUT2D eigenvalue weighted by Gasteiger charge is 2.38. The summed E-state index contributed by atoms with van der Waals surface area (Å²) in [4.78, 5) is 27.9. The Kier molecular flexibility index (Phi) is 7.15. The Hall–Kier alpha value is -2.38. The van der Waals surface area contributed by atoms with Crippen molar-refractivity contribution >= 4 is 24.1 Å². The molecule has 1 N–H and O–H groups in total. The smallest absolute Gasteiger partial charge is 0.227 e. The summed E-state index contributed by atoms with van der Waals surface area (Å²) in [5.74, 6) is 1.18. The maximum Gasteiger partial charge on any atom is 0.227 e. The highest BCUT2D eigenvalue weighted by atomic mass is 35.5. The fourth-order valence-electron chi connectivity index (χ4n) is 4.51. The lowest BCUT2D eigenvalue weighted by atomic mass is 9.86. The molecule has 30 heavy (non-hydrogen) atoms. The molecule has 7 nitrogen and oxygen atoms in total. The van der Waals surface area contributed by atoms with Crippen molar-refractivity contribution in [2.45, 2.75) is 18.8 Å². The maximum absolute atomic E-state index is 13.2. The zero-order chi connectivity index (χ0) is 20.4. The number of likely N-dealkylation sites (tertiary alicyclic amines) is 1. The van der Waals surface area contributed by atoms with Gasteiger partial charge in [0.2, 0.25) is 5.91 Å². The number of nitrogens with zero attached hydrogens (tertiary/aromatic N) is 3. The van der Waals surface area contributed by atoms with E-state index in [1.807, 2.05) is 48.6 Å². The van der Waals surface area contributed by atoms with Gasteiger partial charge >= 0.3 is 0 Å². The van der Waals surface area contributed by atoms with Crippen LogP contribution in [0.5, 0.6) is 5.75 Å². The number of ketones is 1. The topological polar surface area (TPSA) is 76.5 Å². The summed E-state index contributed by atoms with van der Waals surface area (Å²) in [6.07, 6.45) is 5.29. The van der Waals surface area contributed by atoms with Crippen molar-refractivity contribution in [3.63, 3.8) is 0 Å². The van der Waals surface area contributed by atoms with Gasteiger partial charge in [0, 0.05) is 56.8 Å². The predicted octanol–water partition coefficient (Wildman–Crippen LogP) is 2.27. The molecule has 1 amide bonds.